The first kappa shape index (κ1) is 24.2. The number of hydrogen-bond donors (Lipinski definition) is 3. The van der Waals surface area contributed by atoms with Gasteiger partial charge in [-0.3, -0.25) is 9.11 Å². The summed E-state index contributed by atoms with van der Waals surface area (Å²) < 4.78 is 69.9. The van der Waals surface area contributed by atoms with Crippen LogP contribution >= 0.6 is 23.2 Å². The van der Waals surface area contributed by atoms with Crippen molar-refractivity contribution in [2.24, 2.45) is 10.2 Å². The molecule has 3 aromatic carbocycles. The third-order valence-corrected chi connectivity index (χ3v) is 6.70. The van der Waals surface area contributed by atoms with Crippen molar-refractivity contribution in [1.29, 1.82) is 0 Å². The van der Waals surface area contributed by atoms with Gasteiger partial charge in [0.2, 0.25) is 0 Å². The minimum Gasteiger partial charge on any atom is -0.492 e. The first-order chi connectivity index (χ1) is 14.8. The molecule has 4 N–H and O–H groups in total. The van der Waals surface area contributed by atoms with E-state index in [2.05, 4.69) is 10.2 Å². The van der Waals surface area contributed by atoms with Crippen molar-refractivity contribution in [3.63, 3.8) is 0 Å². The Balaban J connectivity index is 2.22. The van der Waals surface area contributed by atoms with Crippen LogP contribution in [0.15, 0.2) is 56.4 Å². The lowest BCUT2D eigenvalue weighted by Gasteiger charge is -2.12. The van der Waals surface area contributed by atoms with Gasteiger partial charge in [-0.1, -0.05) is 29.3 Å². The molecule has 0 bridgehead atoms. The van der Waals surface area contributed by atoms with Crippen LogP contribution in [-0.2, 0) is 20.2 Å². The van der Waals surface area contributed by atoms with Gasteiger partial charge in [0.15, 0.2) is 0 Å². The second kappa shape index (κ2) is 8.81. The minimum absolute atomic E-state index is 0.0297. The third-order valence-electron chi connectivity index (χ3n) is 4.23. The standard InChI is InChI=1S/C18H15Cl2N3O7S2/c1-2-30-16-8-14(11-5-9(31(24,25)26)3-4-10(11)18(16)21)22-23-15-6-13(20)17(7-12(15)19)32(27,28)29/h3-8H,2,21H2,1H3,(H,24,25,26)(H,27,28,29). The average molecular weight is 520 g/mol. The summed E-state index contributed by atoms with van der Waals surface area (Å²) in [5.74, 6) is 0.263. The van der Waals surface area contributed by atoms with Crippen molar-refractivity contribution in [2.45, 2.75) is 16.7 Å². The maximum atomic E-state index is 11.6. The number of nitrogens with two attached hydrogens (primary N) is 1. The fraction of sp³-hybridized carbons (Fsp3) is 0.111. The predicted octanol–water partition coefficient (Wildman–Crippen LogP) is 5.04. The zero-order valence-electron chi connectivity index (χ0n) is 16.2. The average Bonchev–Trinajstić information content (AvgIpc) is 2.69. The summed E-state index contributed by atoms with van der Waals surface area (Å²) in [7, 11) is -9.11. The molecule has 0 unspecified atom stereocenters. The number of fused-ring (bicyclic) bond motifs is 1. The molecule has 3 aromatic rings. The first-order valence-corrected chi connectivity index (χ1v) is 12.3. The molecular formula is C18H15Cl2N3O7S2. The van der Waals surface area contributed by atoms with E-state index in [1.54, 1.807) is 6.92 Å². The highest BCUT2D eigenvalue weighted by Gasteiger charge is 2.19. The molecule has 0 heterocycles. The van der Waals surface area contributed by atoms with E-state index < -0.39 is 25.1 Å². The van der Waals surface area contributed by atoms with Crippen LogP contribution in [0.2, 0.25) is 10.0 Å². The maximum absolute atomic E-state index is 11.6. The Morgan fingerprint density at radius 1 is 0.906 bits per heavy atom. The van der Waals surface area contributed by atoms with Crippen LogP contribution in [0.25, 0.3) is 10.8 Å². The monoisotopic (exact) mass is 519 g/mol. The Morgan fingerprint density at radius 2 is 1.56 bits per heavy atom. The molecule has 32 heavy (non-hydrogen) atoms. The molecular weight excluding hydrogens is 505 g/mol. The van der Waals surface area contributed by atoms with E-state index in [0.717, 1.165) is 12.1 Å². The fourth-order valence-electron chi connectivity index (χ4n) is 2.80. The van der Waals surface area contributed by atoms with Gasteiger partial charge in [0, 0.05) is 16.8 Å². The minimum atomic E-state index is -4.60. The summed E-state index contributed by atoms with van der Waals surface area (Å²) in [4.78, 5) is -0.985. The number of azo groups is 1. The Morgan fingerprint density at radius 3 is 2.16 bits per heavy atom. The molecule has 0 saturated heterocycles. The van der Waals surface area contributed by atoms with Gasteiger partial charge >= 0.3 is 0 Å². The summed E-state index contributed by atoms with van der Waals surface area (Å²) >= 11 is 11.9. The van der Waals surface area contributed by atoms with Crippen LogP contribution in [0.1, 0.15) is 6.92 Å². The van der Waals surface area contributed by atoms with Gasteiger partial charge in [-0.25, -0.2) is 0 Å². The number of benzene rings is 3. The quantitative estimate of drug-likeness (QED) is 0.231. The topological polar surface area (TPSA) is 169 Å². The lowest BCUT2D eigenvalue weighted by atomic mass is 10.1. The van der Waals surface area contributed by atoms with Crippen LogP contribution in [0.4, 0.5) is 17.1 Å². The van der Waals surface area contributed by atoms with Crippen molar-refractivity contribution in [2.75, 3.05) is 12.3 Å². The van der Waals surface area contributed by atoms with Crippen molar-refractivity contribution in [3.05, 3.63) is 46.4 Å². The number of ether oxygens (including phenoxy) is 1. The van der Waals surface area contributed by atoms with Gasteiger partial charge in [0.25, 0.3) is 20.2 Å². The van der Waals surface area contributed by atoms with E-state index in [-0.39, 0.29) is 49.7 Å². The van der Waals surface area contributed by atoms with E-state index >= 15 is 0 Å². The summed E-state index contributed by atoms with van der Waals surface area (Å²) in [6.07, 6.45) is 0. The highest BCUT2D eigenvalue weighted by Crippen LogP contribution is 2.41. The second-order valence-corrected chi connectivity index (χ2v) is 9.96. The van der Waals surface area contributed by atoms with E-state index in [1.807, 2.05) is 0 Å². The van der Waals surface area contributed by atoms with Gasteiger partial charge in [-0.05, 0) is 31.2 Å². The Bertz CT molecular complexity index is 1470. The molecule has 14 heteroatoms. The smallest absolute Gasteiger partial charge is 0.296 e. The van der Waals surface area contributed by atoms with E-state index in [9.17, 15) is 25.9 Å². The second-order valence-electron chi connectivity index (χ2n) is 6.33. The molecule has 0 aliphatic rings. The highest BCUT2D eigenvalue weighted by molar-refractivity contribution is 7.86. The molecule has 0 aromatic heterocycles. The van der Waals surface area contributed by atoms with Crippen molar-refractivity contribution in [3.8, 4) is 5.75 Å². The number of hydrogen-bond acceptors (Lipinski definition) is 8. The maximum Gasteiger partial charge on any atom is 0.296 e. The van der Waals surface area contributed by atoms with E-state index in [1.165, 1.54) is 24.3 Å². The summed E-state index contributed by atoms with van der Waals surface area (Å²) in [6.45, 7) is 2.03. The lowest BCUT2D eigenvalue weighted by Crippen LogP contribution is -2.00. The van der Waals surface area contributed by atoms with Gasteiger partial charge in [-0.15, -0.1) is 10.2 Å². The van der Waals surface area contributed by atoms with E-state index in [4.69, 9.17) is 33.7 Å². The molecule has 0 amide bonds. The number of nitrogens with zero attached hydrogens (tertiary/aromatic N) is 2. The highest BCUT2D eigenvalue weighted by atomic mass is 35.5. The molecule has 0 saturated carbocycles. The Kier molecular flexibility index (Phi) is 6.65. The fourth-order valence-corrected chi connectivity index (χ4v) is 4.60. The third kappa shape index (κ3) is 4.95. The predicted molar refractivity (Wildman–Crippen MR) is 120 cm³/mol. The molecule has 0 aliphatic carbocycles. The van der Waals surface area contributed by atoms with Crippen LogP contribution in [0.3, 0.4) is 0 Å². The van der Waals surface area contributed by atoms with Gasteiger partial charge < -0.3 is 10.5 Å². The molecule has 0 spiro atoms. The van der Waals surface area contributed by atoms with Crippen molar-refractivity contribution in [1.82, 2.24) is 0 Å². The zero-order chi connectivity index (χ0) is 23.8. The summed E-state index contributed by atoms with van der Waals surface area (Å²) in [6, 6.07) is 7.15. The summed E-state index contributed by atoms with van der Waals surface area (Å²) in [5.41, 5.74) is 6.43. The molecule has 3 rings (SSSR count). The lowest BCUT2D eigenvalue weighted by molar-refractivity contribution is 0.342. The number of halogens is 2. The molecule has 0 fully saturated rings. The molecule has 10 nitrogen and oxygen atoms in total. The zero-order valence-corrected chi connectivity index (χ0v) is 19.3. The Hall–Kier alpha value is -2.48. The first-order valence-electron chi connectivity index (χ1n) is 8.67. The van der Waals surface area contributed by atoms with Crippen molar-refractivity contribution >= 4 is 71.3 Å². The summed E-state index contributed by atoms with van der Waals surface area (Å²) in [5, 5.41) is 8.14. The number of anilines is 1. The van der Waals surface area contributed by atoms with Crippen LogP contribution < -0.4 is 10.5 Å². The normalized spacial score (nSPS) is 12.5. The SMILES string of the molecule is CCOc1cc(N=Nc2cc(Cl)c(S(=O)(=O)O)cc2Cl)c2cc(S(=O)(=O)O)ccc2c1N. The largest absolute Gasteiger partial charge is 0.492 e. The molecule has 0 atom stereocenters. The van der Waals surface area contributed by atoms with Crippen LogP contribution in [-0.4, -0.2) is 32.5 Å². The van der Waals surface area contributed by atoms with E-state index in [0.29, 0.717) is 5.39 Å². The molecule has 170 valence electrons. The number of rotatable bonds is 6. The number of nitrogen functional groups attached to an aromatic ring is 1. The molecule has 0 aliphatic heterocycles. The van der Waals surface area contributed by atoms with Gasteiger partial charge in [0.1, 0.15) is 16.3 Å². The van der Waals surface area contributed by atoms with Crippen LogP contribution in [0, 0.1) is 0 Å². The molecule has 0 radical (unpaired) electrons. The Labute approximate surface area is 193 Å². The van der Waals surface area contributed by atoms with Gasteiger partial charge in [-0.2, -0.15) is 16.8 Å². The van der Waals surface area contributed by atoms with Gasteiger partial charge in [0.05, 0.1) is 32.9 Å². The van der Waals surface area contributed by atoms with Crippen LogP contribution in [0.5, 0.6) is 5.75 Å². The van der Waals surface area contributed by atoms with Crippen molar-refractivity contribution < 1.29 is 30.7 Å².